The van der Waals surface area contributed by atoms with E-state index in [4.69, 9.17) is 20.1 Å². The lowest BCUT2D eigenvalue weighted by Crippen LogP contribution is -2.16. The smallest absolute Gasteiger partial charge is 0.232 e. The van der Waals surface area contributed by atoms with Crippen LogP contribution in [0.2, 0.25) is 0 Å². The predicted molar refractivity (Wildman–Crippen MR) is 46.5 cm³/mol. The third kappa shape index (κ3) is 1.77. The van der Waals surface area contributed by atoms with Gasteiger partial charge in [0.25, 0.3) is 0 Å². The zero-order valence-electron chi connectivity index (χ0n) is 7.72. The van der Waals surface area contributed by atoms with Crippen molar-refractivity contribution in [2.75, 3.05) is 19.8 Å². The van der Waals surface area contributed by atoms with E-state index in [1.165, 1.54) is 0 Å². The first-order valence-corrected chi connectivity index (χ1v) is 4.59. The average molecular weight is 199 g/mol. The second kappa shape index (κ2) is 4.04. The van der Waals surface area contributed by atoms with Crippen molar-refractivity contribution in [1.29, 1.82) is 0 Å². The molecule has 6 nitrogen and oxygen atoms in total. The first kappa shape index (κ1) is 9.57. The molecule has 3 N–H and O–H groups in total. The molecule has 1 saturated heterocycles. The first-order chi connectivity index (χ1) is 6.81. The van der Waals surface area contributed by atoms with Crippen LogP contribution in [0.15, 0.2) is 4.52 Å². The number of rotatable bonds is 3. The zero-order chi connectivity index (χ0) is 9.97. The number of aliphatic hydroxyl groups is 1. The molecule has 0 spiro atoms. The molecule has 2 atom stereocenters. The summed E-state index contributed by atoms with van der Waals surface area (Å²) in [6.45, 7) is 1.17. The molecule has 6 heteroatoms. The Kier molecular flexibility index (Phi) is 2.76. The summed E-state index contributed by atoms with van der Waals surface area (Å²) in [4.78, 5) is 4.12. The summed E-state index contributed by atoms with van der Waals surface area (Å²) in [5.74, 6) is 1.10. The van der Waals surface area contributed by atoms with Crippen LogP contribution in [-0.2, 0) is 4.74 Å². The van der Waals surface area contributed by atoms with Gasteiger partial charge in [-0.3, -0.25) is 0 Å². The maximum absolute atomic E-state index is 8.79. The number of hydrogen-bond acceptors (Lipinski definition) is 6. The van der Waals surface area contributed by atoms with Crippen LogP contribution in [-0.4, -0.2) is 35.1 Å². The number of hydrogen-bond donors (Lipinski definition) is 2. The van der Waals surface area contributed by atoms with Crippen LogP contribution < -0.4 is 5.73 Å². The number of aliphatic hydroxyl groups excluding tert-OH is 1. The molecule has 2 unspecified atom stereocenters. The van der Waals surface area contributed by atoms with Crippen molar-refractivity contribution in [3.8, 4) is 0 Å². The Labute approximate surface area is 81.0 Å². The molecule has 0 bridgehead atoms. The van der Waals surface area contributed by atoms with E-state index >= 15 is 0 Å². The first-order valence-electron chi connectivity index (χ1n) is 4.59. The molecule has 0 amide bonds. The summed E-state index contributed by atoms with van der Waals surface area (Å²) in [5.41, 5.74) is 5.54. The summed E-state index contributed by atoms with van der Waals surface area (Å²) < 4.78 is 10.2. The minimum absolute atomic E-state index is 0.180. The molecular weight excluding hydrogens is 186 g/mol. The lowest BCUT2D eigenvalue weighted by atomic mass is 10.1. The Bertz CT molecular complexity index is 296. The van der Waals surface area contributed by atoms with Crippen LogP contribution in [0.3, 0.4) is 0 Å². The number of aromatic nitrogens is 2. The van der Waals surface area contributed by atoms with Gasteiger partial charge in [-0.1, -0.05) is 5.16 Å². The lowest BCUT2D eigenvalue weighted by Gasteiger charge is -2.00. The normalized spacial score (nSPS) is 24.0. The highest BCUT2D eigenvalue weighted by atomic mass is 16.5. The fourth-order valence-corrected chi connectivity index (χ4v) is 1.37. The van der Waals surface area contributed by atoms with Gasteiger partial charge >= 0.3 is 0 Å². The maximum Gasteiger partial charge on any atom is 0.232 e. The van der Waals surface area contributed by atoms with Crippen molar-refractivity contribution in [2.24, 2.45) is 5.73 Å². The summed E-state index contributed by atoms with van der Waals surface area (Å²) in [6.07, 6.45) is 0.899. The Morgan fingerprint density at radius 3 is 3.14 bits per heavy atom. The van der Waals surface area contributed by atoms with Crippen molar-refractivity contribution < 1.29 is 14.4 Å². The van der Waals surface area contributed by atoms with Crippen LogP contribution in [0.1, 0.15) is 30.1 Å². The molecule has 0 radical (unpaired) electrons. The highest BCUT2D eigenvalue weighted by molar-refractivity contribution is 4.98. The van der Waals surface area contributed by atoms with Gasteiger partial charge in [-0.05, 0) is 6.42 Å². The molecule has 0 aliphatic carbocycles. The largest absolute Gasteiger partial charge is 0.394 e. The Morgan fingerprint density at radius 1 is 1.64 bits per heavy atom. The van der Waals surface area contributed by atoms with Crippen molar-refractivity contribution in [3.63, 3.8) is 0 Å². The van der Waals surface area contributed by atoms with Gasteiger partial charge in [0.05, 0.1) is 25.2 Å². The van der Waals surface area contributed by atoms with Gasteiger partial charge in [0, 0.05) is 6.61 Å². The molecule has 78 valence electrons. The fourth-order valence-electron chi connectivity index (χ4n) is 1.37. The van der Waals surface area contributed by atoms with Gasteiger partial charge in [-0.15, -0.1) is 0 Å². The summed E-state index contributed by atoms with van der Waals surface area (Å²) >= 11 is 0. The third-order valence-corrected chi connectivity index (χ3v) is 2.26. The standard InChI is InChI=1S/C8H13N3O3/c9-6(3-12)7-10-8(14-11-7)5-1-2-13-4-5/h5-6,12H,1-4,9H2. The highest BCUT2D eigenvalue weighted by Crippen LogP contribution is 2.23. The van der Waals surface area contributed by atoms with Gasteiger partial charge in [-0.2, -0.15) is 4.98 Å². The second-order valence-electron chi connectivity index (χ2n) is 3.34. The second-order valence-corrected chi connectivity index (χ2v) is 3.34. The SMILES string of the molecule is NC(CO)c1noc(C2CCOC2)n1. The summed E-state index contributed by atoms with van der Waals surface area (Å²) in [6, 6.07) is -0.560. The van der Waals surface area contributed by atoms with Gasteiger partial charge < -0.3 is 20.1 Å². The molecule has 1 aromatic heterocycles. The van der Waals surface area contributed by atoms with Crippen LogP contribution >= 0.6 is 0 Å². The van der Waals surface area contributed by atoms with Crippen LogP contribution in [0.4, 0.5) is 0 Å². The van der Waals surface area contributed by atoms with Crippen LogP contribution in [0.5, 0.6) is 0 Å². The highest BCUT2D eigenvalue weighted by Gasteiger charge is 2.24. The Hall–Kier alpha value is -0.980. The van der Waals surface area contributed by atoms with E-state index in [1.54, 1.807) is 0 Å². The van der Waals surface area contributed by atoms with Crippen molar-refractivity contribution >= 4 is 0 Å². The maximum atomic E-state index is 8.79. The molecule has 1 aliphatic rings. The lowest BCUT2D eigenvalue weighted by molar-refractivity contribution is 0.189. The monoisotopic (exact) mass is 199 g/mol. The van der Waals surface area contributed by atoms with E-state index in [0.717, 1.165) is 13.0 Å². The molecule has 1 aliphatic heterocycles. The molecular formula is C8H13N3O3. The zero-order valence-corrected chi connectivity index (χ0v) is 7.72. The average Bonchev–Trinajstić information content (AvgIpc) is 2.86. The molecule has 2 heterocycles. The summed E-state index contributed by atoms with van der Waals surface area (Å²) in [5, 5.41) is 12.5. The van der Waals surface area contributed by atoms with E-state index < -0.39 is 6.04 Å². The number of nitrogens with two attached hydrogens (primary N) is 1. The topological polar surface area (TPSA) is 94.4 Å². The number of nitrogens with zero attached hydrogens (tertiary/aromatic N) is 2. The van der Waals surface area contributed by atoms with Crippen LogP contribution in [0, 0.1) is 0 Å². The van der Waals surface area contributed by atoms with E-state index in [1.807, 2.05) is 0 Å². The van der Waals surface area contributed by atoms with E-state index in [2.05, 4.69) is 10.1 Å². The Morgan fingerprint density at radius 2 is 2.50 bits per heavy atom. The minimum atomic E-state index is -0.560. The predicted octanol–water partition coefficient (Wildman–Crippen LogP) is -0.434. The molecule has 1 fully saturated rings. The van der Waals surface area contributed by atoms with Crippen molar-refractivity contribution in [1.82, 2.24) is 10.1 Å². The molecule has 0 aromatic carbocycles. The molecule has 1 aromatic rings. The summed E-state index contributed by atoms with van der Waals surface area (Å²) in [7, 11) is 0. The van der Waals surface area contributed by atoms with Gasteiger partial charge in [0.2, 0.25) is 5.89 Å². The van der Waals surface area contributed by atoms with E-state index in [0.29, 0.717) is 18.3 Å². The van der Waals surface area contributed by atoms with Gasteiger partial charge in [0.1, 0.15) is 0 Å². The van der Waals surface area contributed by atoms with Crippen molar-refractivity contribution in [3.05, 3.63) is 11.7 Å². The van der Waals surface area contributed by atoms with Gasteiger partial charge in [0.15, 0.2) is 5.82 Å². The quantitative estimate of drug-likeness (QED) is 0.685. The van der Waals surface area contributed by atoms with Gasteiger partial charge in [-0.25, -0.2) is 0 Å². The number of ether oxygens (including phenoxy) is 1. The third-order valence-electron chi connectivity index (χ3n) is 2.26. The fraction of sp³-hybridized carbons (Fsp3) is 0.750. The van der Waals surface area contributed by atoms with Crippen molar-refractivity contribution in [2.45, 2.75) is 18.4 Å². The Balaban J connectivity index is 2.08. The van der Waals surface area contributed by atoms with E-state index in [-0.39, 0.29) is 12.5 Å². The molecule has 14 heavy (non-hydrogen) atoms. The molecule has 2 rings (SSSR count). The molecule has 0 saturated carbocycles. The van der Waals surface area contributed by atoms with E-state index in [9.17, 15) is 0 Å². The van der Waals surface area contributed by atoms with Crippen LogP contribution in [0.25, 0.3) is 0 Å². The minimum Gasteiger partial charge on any atom is -0.394 e.